The Morgan fingerprint density at radius 1 is 1.24 bits per heavy atom. The van der Waals surface area contributed by atoms with Crippen LogP contribution in [0.1, 0.15) is 44.9 Å². The van der Waals surface area contributed by atoms with Crippen LogP contribution in [0.2, 0.25) is 0 Å². The quantitative estimate of drug-likeness (QED) is 0.337. The third-order valence-corrected chi connectivity index (χ3v) is 6.90. The van der Waals surface area contributed by atoms with Gasteiger partial charge in [-0.25, -0.2) is 22.9 Å². The predicted octanol–water partition coefficient (Wildman–Crippen LogP) is 5.88. The first kappa shape index (κ1) is 30.0. The van der Waals surface area contributed by atoms with E-state index in [1.54, 1.807) is 6.07 Å². The molecule has 1 saturated heterocycles. The van der Waals surface area contributed by atoms with Crippen molar-refractivity contribution in [3.05, 3.63) is 83.5 Å². The number of hydrogen-bond acceptors (Lipinski definition) is 4. The highest BCUT2D eigenvalue weighted by atomic mass is 32.2. The lowest BCUT2D eigenvalue weighted by Crippen LogP contribution is -2.43. The van der Waals surface area contributed by atoms with Crippen molar-refractivity contribution in [2.45, 2.75) is 52.4 Å². The van der Waals surface area contributed by atoms with Crippen molar-refractivity contribution in [3.8, 4) is 11.3 Å². The zero-order valence-corrected chi connectivity index (χ0v) is 21.7. The molecule has 0 aliphatic carbocycles. The van der Waals surface area contributed by atoms with Gasteiger partial charge in [0, 0.05) is 12.1 Å². The summed E-state index contributed by atoms with van der Waals surface area (Å²) in [4.78, 5) is 21.2. The molecule has 1 unspecified atom stereocenters. The van der Waals surface area contributed by atoms with Crippen molar-refractivity contribution >= 4 is 16.9 Å². The van der Waals surface area contributed by atoms with E-state index in [0.29, 0.717) is 36.3 Å². The first-order valence-electron chi connectivity index (χ1n) is 11.7. The summed E-state index contributed by atoms with van der Waals surface area (Å²) in [5, 5.41) is 2.76. The smallest absolute Gasteiger partial charge is 0.349 e. The summed E-state index contributed by atoms with van der Waals surface area (Å²) >= 11 is 0. The third-order valence-electron chi connectivity index (χ3n) is 5.35. The monoisotopic (exact) mass is 538 g/mol. The van der Waals surface area contributed by atoms with Crippen LogP contribution in [-0.4, -0.2) is 37.0 Å². The summed E-state index contributed by atoms with van der Waals surface area (Å²) in [5.74, 6) is -0.915. The molecule has 11 heteroatoms. The summed E-state index contributed by atoms with van der Waals surface area (Å²) in [7, 11) is -1.76. The SMILES string of the molecule is C=C/C(=C\C(F)=C/C)S(=O)N1CCC[C@H]1C(=O)NCc1cc(-c2ccc(C(F)(F)F)cc2)ncn1.CC. The minimum atomic E-state index is -4.43. The third kappa shape index (κ3) is 8.16. The van der Waals surface area contributed by atoms with Gasteiger partial charge < -0.3 is 5.32 Å². The summed E-state index contributed by atoms with van der Waals surface area (Å²) in [6.45, 7) is 9.54. The van der Waals surface area contributed by atoms with Crippen LogP contribution in [0.4, 0.5) is 17.6 Å². The number of nitrogens with one attached hydrogen (secondary N) is 1. The largest absolute Gasteiger partial charge is 0.416 e. The Bertz CT molecular complexity index is 1160. The first-order chi connectivity index (χ1) is 17.6. The molecule has 1 aliphatic rings. The van der Waals surface area contributed by atoms with E-state index < -0.39 is 34.6 Å². The van der Waals surface area contributed by atoms with Gasteiger partial charge in [-0.15, -0.1) is 0 Å². The van der Waals surface area contributed by atoms with Crippen molar-refractivity contribution in [3.63, 3.8) is 0 Å². The van der Waals surface area contributed by atoms with Crippen molar-refractivity contribution in [1.29, 1.82) is 0 Å². The van der Waals surface area contributed by atoms with Crippen LogP contribution in [-0.2, 0) is 28.5 Å². The van der Waals surface area contributed by atoms with Crippen LogP contribution in [0.25, 0.3) is 11.3 Å². The average Bonchev–Trinajstić information content (AvgIpc) is 3.41. The van der Waals surface area contributed by atoms with E-state index in [0.717, 1.165) is 18.2 Å². The summed E-state index contributed by atoms with van der Waals surface area (Å²) in [6.07, 6.45) is 1.62. The van der Waals surface area contributed by atoms with Gasteiger partial charge in [-0.05, 0) is 44.0 Å². The first-order valence-corrected chi connectivity index (χ1v) is 12.9. The predicted molar refractivity (Wildman–Crippen MR) is 137 cm³/mol. The Hall–Kier alpha value is -3.18. The molecular formula is C26H30F4N4O2S. The standard InChI is InChI=1S/C24H24F4N4O2S.C2H6/c1-3-18(25)12-20(4-2)35(34)32-11-5-6-22(32)23(33)29-14-19-13-21(31-15-30-19)16-7-9-17(10-8-16)24(26,27)28;1-2/h3-4,7-10,12-13,15,22H,2,5-6,11,14H2,1H3,(H,29,33);1-2H3/b18-3+,20-12+;/t22-,35?;/m0./s1. The fraction of sp³-hybridized carbons (Fsp3) is 0.346. The molecule has 0 spiro atoms. The average molecular weight is 539 g/mol. The Morgan fingerprint density at radius 3 is 2.51 bits per heavy atom. The van der Waals surface area contributed by atoms with Crippen molar-refractivity contribution in [2.75, 3.05) is 6.54 Å². The molecular weight excluding hydrogens is 508 g/mol. The Labute approximate surface area is 216 Å². The van der Waals surface area contributed by atoms with Gasteiger partial charge in [0.1, 0.15) is 29.2 Å². The number of allylic oxidation sites excluding steroid dienone is 4. The molecule has 2 atom stereocenters. The minimum absolute atomic E-state index is 0.0450. The van der Waals surface area contributed by atoms with Crippen LogP contribution in [0, 0.1) is 0 Å². The van der Waals surface area contributed by atoms with Crippen LogP contribution in [0.5, 0.6) is 0 Å². The molecule has 1 fully saturated rings. The van der Waals surface area contributed by atoms with Gasteiger partial charge >= 0.3 is 6.18 Å². The van der Waals surface area contributed by atoms with Gasteiger partial charge in [0.05, 0.1) is 28.4 Å². The van der Waals surface area contributed by atoms with Crippen molar-refractivity contribution in [1.82, 2.24) is 19.6 Å². The number of hydrogen-bond donors (Lipinski definition) is 1. The minimum Gasteiger partial charge on any atom is -0.349 e. The van der Waals surface area contributed by atoms with Crippen LogP contribution >= 0.6 is 0 Å². The molecule has 0 bridgehead atoms. The van der Waals surface area contributed by atoms with Crippen molar-refractivity contribution < 1.29 is 26.6 Å². The molecule has 0 radical (unpaired) electrons. The zero-order valence-electron chi connectivity index (χ0n) is 20.9. The number of carbonyl (C=O) groups excluding carboxylic acids is 1. The lowest BCUT2D eigenvalue weighted by atomic mass is 10.1. The highest BCUT2D eigenvalue weighted by Gasteiger charge is 2.35. The van der Waals surface area contributed by atoms with E-state index in [1.807, 2.05) is 13.8 Å². The molecule has 37 heavy (non-hydrogen) atoms. The normalized spacial score (nSPS) is 17.5. The van der Waals surface area contributed by atoms with Crippen molar-refractivity contribution in [2.24, 2.45) is 0 Å². The maximum Gasteiger partial charge on any atom is 0.416 e. The van der Waals surface area contributed by atoms with E-state index in [9.17, 15) is 26.6 Å². The second-order valence-electron chi connectivity index (χ2n) is 7.66. The molecule has 6 nitrogen and oxygen atoms in total. The maximum atomic E-state index is 13.7. The van der Waals surface area contributed by atoms with Gasteiger partial charge in [0.15, 0.2) is 0 Å². The zero-order chi connectivity index (χ0) is 27.6. The number of aromatic nitrogens is 2. The summed E-state index contributed by atoms with van der Waals surface area (Å²) in [6, 6.07) is 5.49. The molecule has 2 aromatic rings. The van der Waals surface area contributed by atoms with E-state index in [2.05, 4.69) is 21.9 Å². The fourth-order valence-electron chi connectivity index (χ4n) is 3.51. The van der Waals surface area contributed by atoms with Crippen LogP contribution in [0.15, 0.2) is 72.2 Å². The molecule has 3 rings (SSSR count). The number of carbonyl (C=O) groups is 1. The topological polar surface area (TPSA) is 75.2 Å². The molecule has 1 amide bonds. The van der Waals surface area contributed by atoms with Gasteiger partial charge in [-0.1, -0.05) is 44.7 Å². The Balaban J connectivity index is 0.00000235. The fourth-order valence-corrected chi connectivity index (χ4v) is 4.87. The highest BCUT2D eigenvalue weighted by Crippen LogP contribution is 2.30. The van der Waals surface area contributed by atoms with Gasteiger partial charge in [0.2, 0.25) is 5.91 Å². The Morgan fingerprint density at radius 2 is 1.92 bits per heavy atom. The molecule has 0 saturated carbocycles. The molecule has 200 valence electrons. The maximum absolute atomic E-state index is 13.7. The molecule has 1 aromatic heterocycles. The molecule has 1 aliphatic heterocycles. The summed E-state index contributed by atoms with van der Waals surface area (Å²) < 4.78 is 66.5. The van der Waals surface area contributed by atoms with Gasteiger partial charge in [-0.2, -0.15) is 13.2 Å². The van der Waals surface area contributed by atoms with E-state index in [4.69, 9.17) is 0 Å². The van der Waals surface area contributed by atoms with E-state index in [-0.39, 0.29) is 17.4 Å². The van der Waals surface area contributed by atoms with Gasteiger partial charge in [0.25, 0.3) is 0 Å². The molecule has 1 N–H and O–H groups in total. The number of benzene rings is 1. The van der Waals surface area contributed by atoms with E-state index in [1.165, 1.54) is 41.8 Å². The molecule has 1 aromatic carbocycles. The lowest BCUT2D eigenvalue weighted by Gasteiger charge is -2.22. The number of alkyl halides is 3. The number of amides is 1. The highest BCUT2D eigenvalue weighted by molar-refractivity contribution is 7.87. The van der Waals surface area contributed by atoms with Crippen LogP contribution in [0.3, 0.4) is 0 Å². The van der Waals surface area contributed by atoms with E-state index >= 15 is 0 Å². The number of rotatable bonds is 8. The second-order valence-corrected chi connectivity index (χ2v) is 9.10. The number of nitrogens with zero attached hydrogens (tertiary/aromatic N) is 3. The second kappa shape index (κ2) is 13.9. The Kier molecular flexibility index (Phi) is 11.3. The summed E-state index contributed by atoms with van der Waals surface area (Å²) in [5.41, 5.74) is 0.579. The van der Waals surface area contributed by atoms with Crippen LogP contribution < -0.4 is 5.32 Å². The van der Waals surface area contributed by atoms with Gasteiger partial charge in [-0.3, -0.25) is 4.79 Å². The number of halogens is 4. The molecule has 2 heterocycles. The lowest BCUT2D eigenvalue weighted by molar-refractivity contribution is -0.137.